The van der Waals surface area contributed by atoms with Crippen LogP contribution in [0.4, 0.5) is 5.69 Å². The summed E-state index contributed by atoms with van der Waals surface area (Å²) >= 11 is 0. The summed E-state index contributed by atoms with van der Waals surface area (Å²) in [4.78, 5) is 8.22. The third-order valence-corrected chi connectivity index (χ3v) is 2.19. The van der Waals surface area contributed by atoms with Gasteiger partial charge in [-0.15, -0.1) is 0 Å². The summed E-state index contributed by atoms with van der Waals surface area (Å²) in [6.45, 7) is 6.99. The monoisotopic (exact) mass is 194 g/mol. The van der Waals surface area contributed by atoms with E-state index in [-0.39, 0.29) is 5.54 Å². The zero-order valence-corrected chi connectivity index (χ0v) is 9.26. The molecule has 78 valence electrons. The number of aromatic nitrogens is 2. The number of rotatable bonds is 4. The molecule has 0 fully saturated rings. The minimum absolute atomic E-state index is 0.0743. The maximum Gasteiger partial charge on any atom is 0.125 e. The van der Waals surface area contributed by atoms with E-state index >= 15 is 0 Å². The zero-order valence-electron chi connectivity index (χ0n) is 9.26. The Morgan fingerprint density at radius 1 is 1.29 bits per heavy atom. The van der Waals surface area contributed by atoms with E-state index in [2.05, 4.69) is 34.4 Å². The Balaban J connectivity index is 2.50. The molecule has 0 bridgehead atoms. The Hall–Kier alpha value is -1.16. The van der Waals surface area contributed by atoms with Crippen LogP contribution in [0.15, 0.2) is 12.4 Å². The van der Waals surface area contributed by atoms with Crippen LogP contribution in [0, 0.1) is 6.92 Å². The van der Waals surface area contributed by atoms with E-state index in [0.29, 0.717) is 0 Å². The fourth-order valence-corrected chi connectivity index (χ4v) is 0.895. The lowest BCUT2D eigenvalue weighted by atomic mass is 10.1. The van der Waals surface area contributed by atoms with Gasteiger partial charge < -0.3 is 10.6 Å². The van der Waals surface area contributed by atoms with Gasteiger partial charge in [0.1, 0.15) is 5.82 Å². The summed E-state index contributed by atoms with van der Waals surface area (Å²) < 4.78 is 0. The van der Waals surface area contributed by atoms with Crippen LogP contribution in [0.5, 0.6) is 0 Å². The Labute approximate surface area is 85.2 Å². The Morgan fingerprint density at radius 2 is 1.86 bits per heavy atom. The third kappa shape index (κ3) is 3.30. The van der Waals surface area contributed by atoms with Crippen molar-refractivity contribution in [3.8, 4) is 0 Å². The van der Waals surface area contributed by atoms with E-state index in [9.17, 15) is 0 Å². The van der Waals surface area contributed by atoms with E-state index in [0.717, 1.165) is 18.1 Å². The number of likely N-dealkylation sites (N-methyl/N-ethyl adjacent to an activating group) is 1. The second kappa shape index (κ2) is 4.37. The first-order valence-corrected chi connectivity index (χ1v) is 4.75. The number of aryl methyl sites for hydroxylation is 1. The van der Waals surface area contributed by atoms with Crippen LogP contribution >= 0.6 is 0 Å². The highest BCUT2D eigenvalue weighted by Gasteiger charge is 2.13. The molecule has 2 N–H and O–H groups in total. The molecule has 0 aliphatic carbocycles. The van der Waals surface area contributed by atoms with Gasteiger partial charge in [-0.25, -0.2) is 9.97 Å². The summed E-state index contributed by atoms with van der Waals surface area (Å²) in [6, 6.07) is 0. The van der Waals surface area contributed by atoms with E-state index in [4.69, 9.17) is 0 Å². The zero-order chi connectivity index (χ0) is 10.6. The highest BCUT2D eigenvalue weighted by Crippen LogP contribution is 2.06. The van der Waals surface area contributed by atoms with Gasteiger partial charge in [-0.3, -0.25) is 0 Å². The van der Waals surface area contributed by atoms with Crippen molar-refractivity contribution in [1.29, 1.82) is 0 Å². The third-order valence-electron chi connectivity index (χ3n) is 2.19. The molecule has 0 aromatic carbocycles. The maximum absolute atomic E-state index is 4.11. The molecule has 4 nitrogen and oxygen atoms in total. The normalized spacial score (nSPS) is 11.4. The number of nitrogens with zero attached hydrogens (tertiary/aromatic N) is 2. The first kappa shape index (κ1) is 10.9. The fourth-order valence-electron chi connectivity index (χ4n) is 0.895. The summed E-state index contributed by atoms with van der Waals surface area (Å²) in [5.41, 5.74) is 1.03. The summed E-state index contributed by atoms with van der Waals surface area (Å²) in [6.07, 6.45) is 3.60. The van der Waals surface area contributed by atoms with E-state index < -0.39 is 0 Å². The summed E-state index contributed by atoms with van der Waals surface area (Å²) in [5, 5.41) is 6.50. The van der Waals surface area contributed by atoms with Crippen LogP contribution in [0.3, 0.4) is 0 Å². The van der Waals surface area contributed by atoms with E-state index in [1.807, 2.05) is 14.0 Å². The van der Waals surface area contributed by atoms with Gasteiger partial charge >= 0.3 is 0 Å². The van der Waals surface area contributed by atoms with E-state index in [1.165, 1.54) is 0 Å². The minimum atomic E-state index is 0.0743. The van der Waals surface area contributed by atoms with Crippen molar-refractivity contribution >= 4 is 5.69 Å². The van der Waals surface area contributed by atoms with Crippen LogP contribution in [-0.4, -0.2) is 29.1 Å². The Morgan fingerprint density at radius 3 is 2.36 bits per heavy atom. The first-order chi connectivity index (χ1) is 6.53. The van der Waals surface area contributed by atoms with Gasteiger partial charge in [0.15, 0.2) is 0 Å². The number of nitrogens with one attached hydrogen (secondary N) is 2. The summed E-state index contributed by atoms with van der Waals surface area (Å²) in [7, 11) is 1.95. The van der Waals surface area contributed by atoms with Gasteiger partial charge in [0.05, 0.1) is 18.1 Å². The fraction of sp³-hybridized carbons (Fsp3) is 0.600. The van der Waals surface area contributed by atoms with Crippen molar-refractivity contribution in [2.45, 2.75) is 26.3 Å². The van der Waals surface area contributed by atoms with Crippen molar-refractivity contribution in [1.82, 2.24) is 15.3 Å². The molecule has 0 spiro atoms. The Kier molecular flexibility index (Phi) is 3.41. The number of hydrogen-bond acceptors (Lipinski definition) is 4. The number of anilines is 1. The molecule has 0 unspecified atom stereocenters. The molecular weight excluding hydrogens is 176 g/mol. The molecule has 0 saturated heterocycles. The SMILES string of the molecule is CNC(C)(C)CNc1cnc(C)nc1. The predicted molar refractivity (Wildman–Crippen MR) is 58.4 cm³/mol. The average Bonchev–Trinajstić information content (AvgIpc) is 2.17. The van der Waals surface area contributed by atoms with Crippen molar-refractivity contribution in [3.63, 3.8) is 0 Å². The van der Waals surface area contributed by atoms with Crippen molar-refractivity contribution < 1.29 is 0 Å². The molecule has 1 heterocycles. The van der Waals surface area contributed by atoms with Crippen LogP contribution in [0.25, 0.3) is 0 Å². The molecular formula is C10H18N4. The van der Waals surface area contributed by atoms with Crippen LogP contribution in [0.1, 0.15) is 19.7 Å². The molecule has 1 aromatic heterocycles. The molecule has 0 radical (unpaired) electrons. The number of hydrogen-bond donors (Lipinski definition) is 2. The van der Waals surface area contributed by atoms with Gasteiger partial charge in [-0.05, 0) is 27.8 Å². The second-order valence-electron chi connectivity index (χ2n) is 4.01. The molecule has 0 aliphatic rings. The molecule has 0 atom stereocenters. The second-order valence-corrected chi connectivity index (χ2v) is 4.01. The Bertz CT molecular complexity index is 279. The highest BCUT2D eigenvalue weighted by atomic mass is 15.0. The molecule has 0 saturated carbocycles. The van der Waals surface area contributed by atoms with Gasteiger partial charge in [-0.2, -0.15) is 0 Å². The quantitative estimate of drug-likeness (QED) is 0.756. The predicted octanol–water partition coefficient (Wildman–Crippen LogP) is 1.19. The topological polar surface area (TPSA) is 49.8 Å². The lowest BCUT2D eigenvalue weighted by molar-refractivity contribution is 0.448. The largest absolute Gasteiger partial charge is 0.381 e. The molecule has 14 heavy (non-hydrogen) atoms. The van der Waals surface area contributed by atoms with Crippen molar-refractivity contribution in [2.75, 3.05) is 18.9 Å². The minimum Gasteiger partial charge on any atom is -0.381 e. The molecule has 0 amide bonds. The molecule has 0 aliphatic heterocycles. The van der Waals surface area contributed by atoms with Gasteiger partial charge in [0.25, 0.3) is 0 Å². The lowest BCUT2D eigenvalue weighted by Crippen LogP contribution is -2.42. The van der Waals surface area contributed by atoms with E-state index in [1.54, 1.807) is 12.4 Å². The van der Waals surface area contributed by atoms with Crippen molar-refractivity contribution in [2.24, 2.45) is 0 Å². The van der Waals surface area contributed by atoms with Gasteiger partial charge in [-0.1, -0.05) is 0 Å². The van der Waals surface area contributed by atoms with Crippen LogP contribution in [0.2, 0.25) is 0 Å². The van der Waals surface area contributed by atoms with Gasteiger partial charge in [0, 0.05) is 12.1 Å². The molecule has 1 rings (SSSR count). The van der Waals surface area contributed by atoms with Crippen molar-refractivity contribution in [3.05, 3.63) is 18.2 Å². The highest BCUT2D eigenvalue weighted by molar-refractivity contribution is 5.38. The summed E-state index contributed by atoms with van der Waals surface area (Å²) in [5.74, 6) is 0.795. The molecule has 1 aromatic rings. The maximum atomic E-state index is 4.11. The van der Waals surface area contributed by atoms with Crippen LogP contribution < -0.4 is 10.6 Å². The first-order valence-electron chi connectivity index (χ1n) is 4.75. The van der Waals surface area contributed by atoms with Crippen LogP contribution in [-0.2, 0) is 0 Å². The van der Waals surface area contributed by atoms with Gasteiger partial charge in [0.2, 0.25) is 0 Å². The lowest BCUT2D eigenvalue weighted by Gasteiger charge is -2.24. The average molecular weight is 194 g/mol. The molecule has 4 heteroatoms. The smallest absolute Gasteiger partial charge is 0.125 e. The standard InChI is InChI=1S/C10H18N4/c1-8-12-5-9(6-13-8)14-7-10(2,3)11-4/h5-6,11,14H,7H2,1-4H3.